The predicted octanol–water partition coefficient (Wildman–Crippen LogP) is 4.14. The predicted molar refractivity (Wildman–Crippen MR) is 81.4 cm³/mol. The average molecular weight is 267 g/mol. The van der Waals surface area contributed by atoms with Crippen LogP contribution in [-0.4, -0.2) is 25.3 Å². The Balaban J connectivity index is 1.74. The molecule has 3 atom stereocenters. The second-order valence-corrected chi connectivity index (χ2v) is 6.60. The van der Waals surface area contributed by atoms with Crippen LogP contribution in [0.3, 0.4) is 0 Å². The molecule has 0 heterocycles. The molecule has 2 nitrogen and oxygen atoms in total. The molecular formula is C17H33NO. The first kappa shape index (κ1) is 15.3. The molecule has 2 aliphatic carbocycles. The monoisotopic (exact) mass is 267 g/mol. The first-order valence-corrected chi connectivity index (χ1v) is 8.68. The van der Waals surface area contributed by atoms with Crippen molar-refractivity contribution in [2.45, 2.75) is 83.8 Å². The largest absolute Gasteiger partial charge is 0.377 e. The van der Waals surface area contributed by atoms with Crippen LogP contribution in [0, 0.1) is 11.8 Å². The van der Waals surface area contributed by atoms with E-state index in [-0.39, 0.29) is 0 Å². The summed E-state index contributed by atoms with van der Waals surface area (Å²) in [4.78, 5) is 0. The summed E-state index contributed by atoms with van der Waals surface area (Å²) in [6, 6.07) is 0.606. The Hall–Kier alpha value is -0.0800. The molecule has 0 spiro atoms. The highest BCUT2D eigenvalue weighted by molar-refractivity contribution is 4.81. The van der Waals surface area contributed by atoms with E-state index in [4.69, 9.17) is 4.74 Å². The lowest BCUT2D eigenvalue weighted by molar-refractivity contribution is -0.00562. The molecule has 0 aromatic heterocycles. The summed E-state index contributed by atoms with van der Waals surface area (Å²) < 4.78 is 6.28. The Morgan fingerprint density at radius 2 is 1.84 bits per heavy atom. The molecule has 0 aromatic carbocycles. The second kappa shape index (κ2) is 8.26. The van der Waals surface area contributed by atoms with Gasteiger partial charge in [0.25, 0.3) is 0 Å². The maximum atomic E-state index is 6.28. The fraction of sp³-hybridized carbons (Fsp3) is 1.00. The Morgan fingerprint density at radius 1 is 1.05 bits per heavy atom. The van der Waals surface area contributed by atoms with Crippen LogP contribution in [0.2, 0.25) is 0 Å². The third-order valence-corrected chi connectivity index (χ3v) is 5.26. The summed E-state index contributed by atoms with van der Waals surface area (Å²) in [6.07, 6.45) is 12.9. The summed E-state index contributed by atoms with van der Waals surface area (Å²) in [7, 11) is 0. The van der Waals surface area contributed by atoms with Gasteiger partial charge >= 0.3 is 0 Å². The Morgan fingerprint density at radius 3 is 2.53 bits per heavy atom. The second-order valence-electron chi connectivity index (χ2n) is 6.60. The van der Waals surface area contributed by atoms with Crippen LogP contribution in [0.1, 0.15) is 71.6 Å². The molecule has 2 saturated carbocycles. The van der Waals surface area contributed by atoms with Crippen molar-refractivity contribution in [2.75, 3.05) is 13.2 Å². The van der Waals surface area contributed by atoms with E-state index < -0.39 is 0 Å². The summed E-state index contributed by atoms with van der Waals surface area (Å²) in [5, 5.41) is 3.66. The molecular weight excluding hydrogens is 234 g/mol. The lowest BCUT2D eigenvalue weighted by Crippen LogP contribution is -2.40. The van der Waals surface area contributed by atoms with Crippen molar-refractivity contribution in [1.82, 2.24) is 5.32 Å². The van der Waals surface area contributed by atoms with Gasteiger partial charge in [-0.25, -0.2) is 0 Å². The molecule has 2 heteroatoms. The van der Waals surface area contributed by atoms with E-state index in [1.807, 2.05) is 0 Å². The first-order chi connectivity index (χ1) is 9.33. The van der Waals surface area contributed by atoms with Crippen LogP contribution in [-0.2, 0) is 4.74 Å². The van der Waals surface area contributed by atoms with E-state index in [1.165, 1.54) is 57.8 Å². The third-order valence-electron chi connectivity index (χ3n) is 5.26. The molecule has 1 N–H and O–H groups in total. The minimum Gasteiger partial charge on any atom is -0.377 e. The molecule has 3 unspecified atom stereocenters. The maximum absolute atomic E-state index is 6.28. The number of hydrogen-bond acceptors (Lipinski definition) is 2. The highest BCUT2D eigenvalue weighted by Crippen LogP contribution is 2.31. The molecule has 0 bridgehead atoms. The lowest BCUT2D eigenvalue weighted by atomic mass is 9.85. The van der Waals surface area contributed by atoms with Gasteiger partial charge in [-0.3, -0.25) is 0 Å². The van der Waals surface area contributed by atoms with Gasteiger partial charge in [-0.05, 0) is 44.1 Å². The van der Waals surface area contributed by atoms with E-state index in [1.54, 1.807) is 0 Å². The van der Waals surface area contributed by atoms with Crippen LogP contribution < -0.4 is 5.32 Å². The normalized spacial score (nSPS) is 30.6. The lowest BCUT2D eigenvalue weighted by Gasteiger charge is -2.31. The molecule has 0 radical (unpaired) electrons. The molecule has 2 fully saturated rings. The van der Waals surface area contributed by atoms with E-state index >= 15 is 0 Å². The van der Waals surface area contributed by atoms with E-state index in [9.17, 15) is 0 Å². The van der Waals surface area contributed by atoms with Gasteiger partial charge in [-0.2, -0.15) is 0 Å². The zero-order chi connectivity index (χ0) is 13.5. The van der Waals surface area contributed by atoms with Crippen LogP contribution >= 0.6 is 0 Å². The van der Waals surface area contributed by atoms with Gasteiger partial charge in [0.15, 0.2) is 0 Å². The summed E-state index contributed by atoms with van der Waals surface area (Å²) in [6.45, 7) is 6.56. The van der Waals surface area contributed by atoms with Gasteiger partial charge in [0.2, 0.25) is 0 Å². The highest BCUT2D eigenvalue weighted by Gasteiger charge is 2.27. The number of likely N-dealkylation sites (N-methyl/N-ethyl adjacent to an activating group) is 1. The summed E-state index contributed by atoms with van der Waals surface area (Å²) in [5.74, 6) is 1.79. The molecule has 0 aliphatic heterocycles. The third kappa shape index (κ3) is 4.75. The van der Waals surface area contributed by atoms with Gasteiger partial charge in [-0.1, -0.05) is 46.0 Å². The van der Waals surface area contributed by atoms with Crippen molar-refractivity contribution in [3.05, 3.63) is 0 Å². The van der Waals surface area contributed by atoms with E-state index in [2.05, 4.69) is 19.2 Å². The number of nitrogens with one attached hydrogen (secondary N) is 1. The number of rotatable bonds is 7. The topological polar surface area (TPSA) is 21.3 Å². The van der Waals surface area contributed by atoms with E-state index in [0.29, 0.717) is 12.1 Å². The molecule has 112 valence electrons. The zero-order valence-corrected chi connectivity index (χ0v) is 13.0. The fourth-order valence-corrected chi connectivity index (χ4v) is 3.99. The van der Waals surface area contributed by atoms with Crippen molar-refractivity contribution in [2.24, 2.45) is 11.8 Å². The van der Waals surface area contributed by atoms with Gasteiger partial charge in [-0.15, -0.1) is 0 Å². The van der Waals surface area contributed by atoms with Crippen LogP contribution in [0.25, 0.3) is 0 Å². The Kier molecular flexibility index (Phi) is 6.66. The Labute approximate surface area is 119 Å². The molecule has 0 aromatic rings. The minimum atomic E-state index is 0.543. The van der Waals surface area contributed by atoms with Crippen LogP contribution in [0.5, 0.6) is 0 Å². The zero-order valence-electron chi connectivity index (χ0n) is 13.0. The smallest absolute Gasteiger partial charge is 0.0626 e. The van der Waals surface area contributed by atoms with Crippen molar-refractivity contribution in [3.63, 3.8) is 0 Å². The van der Waals surface area contributed by atoms with Crippen molar-refractivity contribution >= 4 is 0 Å². The summed E-state index contributed by atoms with van der Waals surface area (Å²) >= 11 is 0. The summed E-state index contributed by atoms with van der Waals surface area (Å²) in [5.41, 5.74) is 0. The average Bonchev–Trinajstić information content (AvgIpc) is 2.97. The molecule has 2 aliphatic rings. The van der Waals surface area contributed by atoms with Crippen molar-refractivity contribution in [1.29, 1.82) is 0 Å². The van der Waals surface area contributed by atoms with Gasteiger partial charge < -0.3 is 10.1 Å². The van der Waals surface area contributed by atoms with Crippen LogP contribution in [0.4, 0.5) is 0 Å². The van der Waals surface area contributed by atoms with E-state index in [0.717, 1.165) is 25.0 Å². The molecule has 0 amide bonds. The van der Waals surface area contributed by atoms with Gasteiger partial charge in [0, 0.05) is 6.04 Å². The highest BCUT2D eigenvalue weighted by atomic mass is 16.5. The number of hydrogen-bond donors (Lipinski definition) is 1. The van der Waals surface area contributed by atoms with Crippen molar-refractivity contribution < 1.29 is 4.74 Å². The van der Waals surface area contributed by atoms with Gasteiger partial charge in [0.1, 0.15) is 0 Å². The van der Waals surface area contributed by atoms with Gasteiger partial charge in [0.05, 0.1) is 12.7 Å². The first-order valence-electron chi connectivity index (χ1n) is 8.68. The molecule has 2 rings (SSSR count). The number of ether oxygens (including phenoxy) is 1. The minimum absolute atomic E-state index is 0.543. The quantitative estimate of drug-likeness (QED) is 0.748. The fourth-order valence-electron chi connectivity index (χ4n) is 3.99. The molecule has 0 saturated heterocycles. The van der Waals surface area contributed by atoms with Crippen molar-refractivity contribution in [3.8, 4) is 0 Å². The van der Waals surface area contributed by atoms with Crippen LogP contribution in [0.15, 0.2) is 0 Å². The SMILES string of the molecule is CCNC(COC1CCCC(CC)C1)C1CCCC1. The molecule has 19 heavy (non-hydrogen) atoms. The standard InChI is InChI=1S/C17H33NO/c1-3-14-8-7-11-16(12-14)19-13-17(18-4-2)15-9-5-6-10-15/h14-18H,3-13H2,1-2H3. The Bertz CT molecular complexity index is 237. The maximum Gasteiger partial charge on any atom is 0.0626 e.